The van der Waals surface area contributed by atoms with Crippen LogP contribution in [-0.2, 0) is 14.8 Å². The zero-order valence-corrected chi connectivity index (χ0v) is 17.9. The number of hydrogen-bond donors (Lipinski definition) is 1. The molecule has 0 aromatic heterocycles. The van der Waals surface area contributed by atoms with Crippen LogP contribution < -0.4 is 14.8 Å². The van der Waals surface area contributed by atoms with Crippen LogP contribution in [0.3, 0.4) is 0 Å². The third-order valence-corrected chi connectivity index (χ3v) is 6.73. The highest BCUT2D eigenvalue weighted by atomic mass is 32.2. The van der Waals surface area contributed by atoms with Crippen molar-refractivity contribution in [1.82, 2.24) is 4.31 Å². The van der Waals surface area contributed by atoms with Crippen molar-refractivity contribution in [2.24, 2.45) is 0 Å². The maximum atomic E-state index is 12.5. The van der Waals surface area contributed by atoms with E-state index < -0.39 is 10.0 Å². The van der Waals surface area contributed by atoms with Crippen LogP contribution in [0.2, 0.25) is 0 Å². The van der Waals surface area contributed by atoms with E-state index in [9.17, 15) is 13.2 Å². The van der Waals surface area contributed by atoms with Gasteiger partial charge in [0, 0.05) is 31.3 Å². The van der Waals surface area contributed by atoms with E-state index in [-0.39, 0.29) is 10.8 Å². The van der Waals surface area contributed by atoms with E-state index in [0.717, 1.165) is 12.0 Å². The van der Waals surface area contributed by atoms with Crippen molar-refractivity contribution in [3.63, 3.8) is 0 Å². The molecule has 0 atom stereocenters. The van der Waals surface area contributed by atoms with Crippen LogP contribution in [0.4, 0.5) is 5.69 Å². The summed E-state index contributed by atoms with van der Waals surface area (Å²) in [7, 11) is -3.52. The van der Waals surface area contributed by atoms with E-state index in [4.69, 9.17) is 9.47 Å². The highest BCUT2D eigenvalue weighted by Gasteiger charge is 2.21. The Morgan fingerprint density at radius 2 is 1.70 bits per heavy atom. The lowest BCUT2D eigenvalue weighted by atomic mass is 10.2. The highest BCUT2D eigenvalue weighted by Crippen LogP contribution is 2.30. The standard InChI is InChI=1S/C22H26N2O5S/c1-3-24(4-2)30(26,27)19-10-8-18(9-11-19)23-22(25)13-7-17-6-12-20-21(16-17)29-15-5-14-28-20/h6-13,16H,3-5,14-15H2,1-2H3,(H,23,25). The van der Waals surface area contributed by atoms with E-state index >= 15 is 0 Å². The number of amides is 1. The largest absolute Gasteiger partial charge is 0.490 e. The minimum Gasteiger partial charge on any atom is -0.490 e. The molecule has 1 amide bonds. The van der Waals surface area contributed by atoms with Gasteiger partial charge in [0.25, 0.3) is 0 Å². The fourth-order valence-corrected chi connectivity index (χ4v) is 4.52. The summed E-state index contributed by atoms with van der Waals surface area (Å²) in [5, 5.41) is 2.73. The average molecular weight is 431 g/mol. The summed E-state index contributed by atoms with van der Waals surface area (Å²) >= 11 is 0. The summed E-state index contributed by atoms with van der Waals surface area (Å²) in [6.45, 7) is 5.63. The molecule has 2 aromatic rings. The number of hydrogen-bond acceptors (Lipinski definition) is 5. The van der Waals surface area contributed by atoms with Crippen molar-refractivity contribution < 1.29 is 22.7 Å². The summed E-state index contributed by atoms with van der Waals surface area (Å²) in [6, 6.07) is 11.7. The van der Waals surface area contributed by atoms with Gasteiger partial charge in [0.15, 0.2) is 11.5 Å². The maximum Gasteiger partial charge on any atom is 0.248 e. The van der Waals surface area contributed by atoms with E-state index in [1.54, 1.807) is 32.1 Å². The lowest BCUT2D eigenvalue weighted by Crippen LogP contribution is -2.30. The number of nitrogens with one attached hydrogen (secondary N) is 1. The van der Waals surface area contributed by atoms with Crippen LogP contribution in [0.5, 0.6) is 11.5 Å². The van der Waals surface area contributed by atoms with Gasteiger partial charge in [-0.3, -0.25) is 4.79 Å². The first-order valence-corrected chi connectivity index (χ1v) is 11.4. The van der Waals surface area contributed by atoms with Gasteiger partial charge in [0.05, 0.1) is 18.1 Å². The summed E-state index contributed by atoms with van der Waals surface area (Å²) in [6.07, 6.45) is 3.93. The molecule has 160 valence electrons. The molecule has 3 rings (SSSR count). The Labute approximate surface area is 177 Å². The lowest BCUT2D eigenvalue weighted by Gasteiger charge is -2.18. The van der Waals surface area contributed by atoms with Gasteiger partial charge >= 0.3 is 0 Å². The molecule has 1 N–H and O–H groups in total. The van der Waals surface area contributed by atoms with E-state index in [1.165, 1.54) is 22.5 Å². The molecule has 0 spiro atoms. The first kappa shape index (κ1) is 21.9. The summed E-state index contributed by atoms with van der Waals surface area (Å²) in [5.41, 5.74) is 1.33. The van der Waals surface area contributed by atoms with Gasteiger partial charge in [0.1, 0.15) is 0 Å². The number of rotatable bonds is 7. The van der Waals surface area contributed by atoms with Crippen LogP contribution >= 0.6 is 0 Å². The minimum atomic E-state index is -3.52. The van der Waals surface area contributed by atoms with Crippen LogP contribution in [0.25, 0.3) is 6.08 Å². The number of ether oxygens (including phenoxy) is 2. The second-order valence-corrected chi connectivity index (χ2v) is 8.63. The summed E-state index contributed by atoms with van der Waals surface area (Å²) < 4.78 is 37.7. The van der Waals surface area contributed by atoms with Crippen molar-refractivity contribution in [3.8, 4) is 11.5 Å². The Hall–Kier alpha value is -2.84. The van der Waals surface area contributed by atoms with Crippen molar-refractivity contribution >= 4 is 27.7 Å². The van der Waals surface area contributed by atoms with Crippen molar-refractivity contribution in [2.45, 2.75) is 25.2 Å². The van der Waals surface area contributed by atoms with Gasteiger partial charge in [-0.1, -0.05) is 19.9 Å². The first-order chi connectivity index (χ1) is 14.4. The molecule has 0 saturated carbocycles. The van der Waals surface area contributed by atoms with Gasteiger partial charge < -0.3 is 14.8 Å². The van der Waals surface area contributed by atoms with Crippen molar-refractivity contribution in [2.75, 3.05) is 31.6 Å². The molecular weight excluding hydrogens is 404 g/mol. The lowest BCUT2D eigenvalue weighted by molar-refractivity contribution is -0.111. The summed E-state index contributed by atoms with van der Waals surface area (Å²) in [4.78, 5) is 12.4. The fraction of sp³-hybridized carbons (Fsp3) is 0.318. The molecule has 1 aliphatic rings. The molecule has 2 aromatic carbocycles. The first-order valence-electron chi connectivity index (χ1n) is 9.93. The van der Waals surface area contributed by atoms with Gasteiger partial charge in [0.2, 0.25) is 15.9 Å². The van der Waals surface area contributed by atoms with Crippen LogP contribution in [0, 0.1) is 0 Å². The second kappa shape index (κ2) is 9.77. The molecule has 0 fully saturated rings. The zero-order chi connectivity index (χ0) is 21.6. The Balaban J connectivity index is 1.64. The number of anilines is 1. The molecule has 0 unspecified atom stereocenters. The minimum absolute atomic E-state index is 0.201. The smallest absolute Gasteiger partial charge is 0.248 e. The molecule has 1 aliphatic heterocycles. The second-order valence-electron chi connectivity index (χ2n) is 6.69. The van der Waals surface area contributed by atoms with Crippen molar-refractivity contribution in [3.05, 3.63) is 54.1 Å². The van der Waals surface area contributed by atoms with E-state index in [1.807, 2.05) is 18.2 Å². The van der Waals surface area contributed by atoms with Crippen LogP contribution in [0.1, 0.15) is 25.8 Å². The van der Waals surface area contributed by atoms with Gasteiger partial charge in [-0.25, -0.2) is 8.42 Å². The molecule has 30 heavy (non-hydrogen) atoms. The third-order valence-electron chi connectivity index (χ3n) is 4.66. The number of benzene rings is 2. The van der Waals surface area contributed by atoms with Gasteiger partial charge in [-0.15, -0.1) is 0 Å². The van der Waals surface area contributed by atoms with E-state index in [2.05, 4.69) is 5.32 Å². The van der Waals surface area contributed by atoms with E-state index in [0.29, 0.717) is 43.5 Å². The Morgan fingerprint density at radius 1 is 1.03 bits per heavy atom. The van der Waals surface area contributed by atoms with Crippen LogP contribution in [-0.4, -0.2) is 44.9 Å². The molecule has 8 heteroatoms. The number of sulfonamides is 1. The molecule has 1 heterocycles. The topological polar surface area (TPSA) is 84.9 Å². The van der Waals surface area contributed by atoms with Crippen molar-refractivity contribution in [1.29, 1.82) is 0 Å². The highest BCUT2D eigenvalue weighted by molar-refractivity contribution is 7.89. The summed E-state index contributed by atoms with van der Waals surface area (Å²) in [5.74, 6) is 1.05. The molecule has 0 bridgehead atoms. The molecular formula is C22H26N2O5S. The van der Waals surface area contributed by atoms with Gasteiger partial charge in [-0.2, -0.15) is 4.31 Å². The quantitative estimate of drug-likeness (QED) is 0.680. The fourth-order valence-electron chi connectivity index (χ4n) is 3.06. The molecule has 0 aliphatic carbocycles. The molecule has 0 radical (unpaired) electrons. The number of fused-ring (bicyclic) bond motifs is 1. The number of nitrogens with zero attached hydrogens (tertiary/aromatic N) is 1. The zero-order valence-electron chi connectivity index (χ0n) is 17.1. The average Bonchev–Trinajstić information content (AvgIpc) is 2.98. The normalized spacial score (nSPS) is 14.0. The predicted molar refractivity (Wildman–Crippen MR) is 116 cm³/mol. The predicted octanol–water partition coefficient (Wildman–Crippen LogP) is 3.53. The third kappa shape index (κ3) is 5.20. The Morgan fingerprint density at radius 3 is 2.37 bits per heavy atom. The number of carbonyl (C=O) groups is 1. The monoisotopic (exact) mass is 430 g/mol. The molecule has 7 nitrogen and oxygen atoms in total. The van der Waals surface area contributed by atoms with Crippen LogP contribution in [0.15, 0.2) is 53.4 Å². The number of carbonyl (C=O) groups excluding carboxylic acids is 1. The Kier molecular flexibility index (Phi) is 7.12. The molecule has 0 saturated heterocycles. The van der Waals surface area contributed by atoms with Gasteiger partial charge in [-0.05, 0) is 48.0 Å². The Bertz CT molecular complexity index is 1010. The SMILES string of the molecule is CCN(CC)S(=O)(=O)c1ccc(NC(=O)C=Cc2ccc3c(c2)OCCCO3)cc1. The maximum absolute atomic E-state index is 12.5.